The van der Waals surface area contributed by atoms with Gasteiger partial charge in [0.2, 0.25) is 0 Å². The van der Waals surface area contributed by atoms with E-state index in [4.69, 9.17) is 0 Å². The lowest BCUT2D eigenvalue weighted by Crippen LogP contribution is -1.96. The van der Waals surface area contributed by atoms with E-state index in [0.717, 1.165) is 16.6 Å². The molecule has 0 fully saturated rings. The molecular formula is C7H8BrNO2. The zero-order chi connectivity index (χ0) is 8.10. The Balaban J connectivity index is 2.32. The van der Waals surface area contributed by atoms with Gasteiger partial charge in [-0.3, -0.25) is 4.79 Å². The topological polar surface area (TPSA) is 42.1 Å². The predicted octanol–water partition coefficient (Wildman–Crippen LogP) is 1.49. The van der Waals surface area contributed by atoms with Crippen LogP contribution in [0.2, 0.25) is 0 Å². The van der Waals surface area contributed by atoms with Crippen molar-refractivity contribution in [3.8, 4) is 0 Å². The molecule has 0 aliphatic rings. The molecule has 0 saturated heterocycles. The summed E-state index contributed by atoms with van der Waals surface area (Å²) in [5.41, 5.74) is 1.05. The largest absolute Gasteiger partial charge is 0.467 e. The lowest BCUT2D eigenvalue weighted by atomic mass is 10.3. The third-order valence-electron chi connectivity index (χ3n) is 1.26. The van der Waals surface area contributed by atoms with E-state index in [0.29, 0.717) is 13.1 Å². The molecule has 0 atom stereocenters. The van der Waals surface area contributed by atoms with Crippen molar-refractivity contribution < 1.29 is 9.53 Å². The number of hydrogen-bond acceptors (Lipinski definition) is 2. The minimum atomic E-state index is 0.427. The summed E-state index contributed by atoms with van der Waals surface area (Å²) in [6, 6.07) is 1.95. The van der Waals surface area contributed by atoms with Crippen LogP contribution in [0.3, 0.4) is 0 Å². The Morgan fingerprint density at radius 2 is 2.55 bits per heavy atom. The second-order valence-electron chi connectivity index (χ2n) is 2.06. The molecule has 0 bridgehead atoms. The lowest BCUT2D eigenvalue weighted by Gasteiger charge is -1.94. The summed E-state index contributed by atoms with van der Waals surface area (Å²) < 4.78 is 5.54. The Morgan fingerprint density at radius 3 is 3.09 bits per heavy atom. The highest BCUT2D eigenvalue weighted by atomic mass is 79.9. The van der Waals surface area contributed by atoms with E-state index in [1.807, 2.05) is 12.3 Å². The smallest absolute Gasteiger partial charge is 0.293 e. The van der Waals surface area contributed by atoms with Gasteiger partial charge >= 0.3 is 0 Å². The first-order chi connectivity index (χ1) is 5.33. The maximum atomic E-state index is 9.76. The van der Waals surface area contributed by atoms with E-state index in [9.17, 15) is 4.79 Å². The molecule has 3 nitrogen and oxygen atoms in total. The molecule has 0 radical (unpaired) electrons. The van der Waals surface area contributed by atoms with Crippen molar-refractivity contribution >= 4 is 22.4 Å². The van der Waals surface area contributed by atoms with Crippen LogP contribution in [0.25, 0.3) is 0 Å². The second kappa shape index (κ2) is 4.18. The zero-order valence-electron chi connectivity index (χ0n) is 5.84. The van der Waals surface area contributed by atoms with Crippen LogP contribution in [0, 0.1) is 0 Å². The average molecular weight is 218 g/mol. The van der Waals surface area contributed by atoms with Gasteiger partial charge in [-0.15, -0.1) is 0 Å². The number of halogens is 1. The Morgan fingerprint density at radius 1 is 1.73 bits per heavy atom. The molecule has 0 aromatic carbocycles. The van der Waals surface area contributed by atoms with Crippen molar-refractivity contribution in [3.05, 3.63) is 22.4 Å². The molecule has 11 heavy (non-hydrogen) atoms. The number of aromatic amines is 1. The standard InChI is InChI=1S/C7H8BrNO2/c8-6-3-7(9-4-6)1-2-11-5-10/h3-5,9H,1-2H2. The molecule has 60 valence electrons. The van der Waals surface area contributed by atoms with Crippen molar-refractivity contribution in [2.45, 2.75) is 6.42 Å². The monoisotopic (exact) mass is 217 g/mol. The maximum absolute atomic E-state index is 9.76. The molecule has 1 aromatic heterocycles. The van der Waals surface area contributed by atoms with Gasteiger partial charge in [0.15, 0.2) is 0 Å². The molecule has 0 unspecified atom stereocenters. The summed E-state index contributed by atoms with van der Waals surface area (Å²) in [6.07, 6.45) is 2.57. The first kappa shape index (κ1) is 8.33. The van der Waals surface area contributed by atoms with E-state index in [1.54, 1.807) is 0 Å². The molecule has 0 aliphatic carbocycles. The SMILES string of the molecule is O=COCCc1cc(Br)c[nH]1. The second-order valence-corrected chi connectivity index (χ2v) is 2.98. The maximum Gasteiger partial charge on any atom is 0.293 e. The molecule has 0 aliphatic heterocycles. The van der Waals surface area contributed by atoms with Gasteiger partial charge in [0.25, 0.3) is 6.47 Å². The minimum Gasteiger partial charge on any atom is -0.467 e. The molecule has 1 aromatic rings. The van der Waals surface area contributed by atoms with Gasteiger partial charge in [0.05, 0.1) is 6.61 Å². The number of nitrogens with one attached hydrogen (secondary N) is 1. The van der Waals surface area contributed by atoms with Gasteiger partial charge in [-0.2, -0.15) is 0 Å². The van der Waals surface area contributed by atoms with E-state index in [-0.39, 0.29) is 0 Å². The van der Waals surface area contributed by atoms with Gasteiger partial charge in [0.1, 0.15) is 0 Å². The van der Waals surface area contributed by atoms with Crippen LogP contribution in [0.4, 0.5) is 0 Å². The van der Waals surface area contributed by atoms with Gasteiger partial charge in [-0.1, -0.05) is 0 Å². The van der Waals surface area contributed by atoms with Gasteiger partial charge in [-0.05, 0) is 22.0 Å². The van der Waals surface area contributed by atoms with Gasteiger partial charge < -0.3 is 9.72 Å². The molecule has 0 amide bonds. The molecule has 1 heterocycles. The van der Waals surface area contributed by atoms with Crippen LogP contribution in [-0.4, -0.2) is 18.1 Å². The summed E-state index contributed by atoms with van der Waals surface area (Å²) in [4.78, 5) is 12.8. The molecule has 4 heteroatoms. The van der Waals surface area contributed by atoms with Crippen molar-refractivity contribution in [1.29, 1.82) is 0 Å². The minimum absolute atomic E-state index is 0.427. The fraction of sp³-hybridized carbons (Fsp3) is 0.286. The Labute approximate surface area is 72.9 Å². The van der Waals surface area contributed by atoms with Crippen LogP contribution >= 0.6 is 15.9 Å². The van der Waals surface area contributed by atoms with Crippen LogP contribution in [-0.2, 0) is 16.0 Å². The highest BCUT2D eigenvalue weighted by Gasteiger charge is 1.95. The fourth-order valence-corrected chi connectivity index (χ4v) is 1.16. The van der Waals surface area contributed by atoms with E-state index in [2.05, 4.69) is 25.7 Å². The zero-order valence-corrected chi connectivity index (χ0v) is 7.43. The Kier molecular flexibility index (Phi) is 3.16. The third kappa shape index (κ3) is 2.76. The average Bonchev–Trinajstić information content (AvgIpc) is 2.37. The van der Waals surface area contributed by atoms with Crippen molar-refractivity contribution in [2.75, 3.05) is 6.61 Å². The fourth-order valence-electron chi connectivity index (χ4n) is 0.773. The number of hydrogen-bond donors (Lipinski definition) is 1. The van der Waals surface area contributed by atoms with Gasteiger partial charge in [0, 0.05) is 22.8 Å². The van der Waals surface area contributed by atoms with Crippen LogP contribution in [0.5, 0.6) is 0 Å². The number of H-pyrrole nitrogens is 1. The summed E-state index contributed by atoms with van der Waals surface area (Å²) in [6.45, 7) is 0.883. The molecule has 0 saturated carbocycles. The molecular weight excluding hydrogens is 210 g/mol. The Hall–Kier alpha value is -0.770. The summed E-state index contributed by atoms with van der Waals surface area (Å²) >= 11 is 3.30. The number of carbonyl (C=O) groups excluding carboxylic acids is 1. The number of rotatable bonds is 4. The summed E-state index contributed by atoms with van der Waals surface area (Å²) in [7, 11) is 0. The Bertz CT molecular complexity index is 234. The van der Waals surface area contributed by atoms with E-state index in [1.165, 1.54) is 0 Å². The lowest BCUT2D eigenvalue weighted by molar-refractivity contribution is -0.128. The number of ether oxygens (including phenoxy) is 1. The van der Waals surface area contributed by atoms with E-state index >= 15 is 0 Å². The predicted molar refractivity (Wildman–Crippen MR) is 44.2 cm³/mol. The van der Waals surface area contributed by atoms with Crippen molar-refractivity contribution in [1.82, 2.24) is 4.98 Å². The number of aromatic nitrogens is 1. The van der Waals surface area contributed by atoms with Crippen LogP contribution in [0.15, 0.2) is 16.7 Å². The van der Waals surface area contributed by atoms with Crippen LogP contribution in [0.1, 0.15) is 5.69 Å². The summed E-state index contributed by atoms with van der Waals surface area (Å²) in [5, 5.41) is 0. The first-order valence-corrected chi connectivity index (χ1v) is 4.00. The normalized spacial score (nSPS) is 9.55. The van der Waals surface area contributed by atoms with E-state index < -0.39 is 0 Å². The highest BCUT2D eigenvalue weighted by Crippen LogP contribution is 2.10. The van der Waals surface area contributed by atoms with Crippen LogP contribution < -0.4 is 0 Å². The molecule has 0 spiro atoms. The third-order valence-corrected chi connectivity index (χ3v) is 1.72. The molecule has 1 N–H and O–H groups in total. The van der Waals surface area contributed by atoms with Crippen molar-refractivity contribution in [2.24, 2.45) is 0 Å². The highest BCUT2D eigenvalue weighted by molar-refractivity contribution is 9.10. The van der Waals surface area contributed by atoms with Gasteiger partial charge in [-0.25, -0.2) is 0 Å². The first-order valence-electron chi connectivity index (χ1n) is 3.21. The quantitative estimate of drug-likeness (QED) is 0.614. The molecule has 1 rings (SSSR count). The number of carbonyl (C=O) groups is 1. The van der Waals surface area contributed by atoms with Crippen molar-refractivity contribution in [3.63, 3.8) is 0 Å². The summed E-state index contributed by atoms with van der Waals surface area (Å²) in [5.74, 6) is 0.